The summed E-state index contributed by atoms with van der Waals surface area (Å²) in [6, 6.07) is 6.51. The summed E-state index contributed by atoms with van der Waals surface area (Å²) in [4.78, 5) is 4.44. The highest BCUT2D eigenvalue weighted by atomic mass is 19.1. The van der Waals surface area contributed by atoms with Crippen LogP contribution in [0.2, 0.25) is 0 Å². The van der Waals surface area contributed by atoms with Crippen molar-refractivity contribution in [2.75, 3.05) is 0 Å². The van der Waals surface area contributed by atoms with Crippen LogP contribution in [0.5, 0.6) is 0 Å². The second-order valence-electron chi connectivity index (χ2n) is 5.45. The van der Waals surface area contributed by atoms with Gasteiger partial charge in [0, 0.05) is 24.5 Å². The molecular formula is C16H15FN4. The number of aromatic nitrogens is 4. The van der Waals surface area contributed by atoms with Crippen LogP contribution in [0, 0.1) is 5.82 Å². The SMILES string of the molecule is Fc1ccc(Cn2cc(-n3ccnc3C3CC3)cn2)cc1. The van der Waals surface area contributed by atoms with Gasteiger partial charge in [-0.15, -0.1) is 0 Å². The Hall–Kier alpha value is -2.43. The maximum absolute atomic E-state index is 12.9. The number of rotatable bonds is 4. The normalized spacial score (nSPS) is 14.5. The molecule has 0 unspecified atom stereocenters. The molecule has 0 spiro atoms. The van der Waals surface area contributed by atoms with E-state index in [1.807, 2.05) is 29.5 Å². The Bertz CT molecular complexity index is 753. The van der Waals surface area contributed by atoms with Crippen molar-refractivity contribution in [3.05, 3.63) is 66.3 Å². The summed E-state index contributed by atoms with van der Waals surface area (Å²) < 4.78 is 16.9. The van der Waals surface area contributed by atoms with Crippen molar-refractivity contribution in [3.63, 3.8) is 0 Å². The van der Waals surface area contributed by atoms with Gasteiger partial charge in [0.05, 0.1) is 18.4 Å². The molecule has 0 atom stereocenters. The van der Waals surface area contributed by atoms with Crippen molar-refractivity contribution in [3.8, 4) is 5.69 Å². The van der Waals surface area contributed by atoms with Gasteiger partial charge in [0.15, 0.2) is 0 Å². The molecule has 3 aromatic rings. The van der Waals surface area contributed by atoms with Crippen molar-refractivity contribution in [1.82, 2.24) is 19.3 Å². The second-order valence-corrected chi connectivity index (χ2v) is 5.45. The van der Waals surface area contributed by atoms with Crippen molar-refractivity contribution in [2.24, 2.45) is 0 Å². The van der Waals surface area contributed by atoms with Crippen molar-refractivity contribution < 1.29 is 4.39 Å². The monoisotopic (exact) mass is 282 g/mol. The van der Waals surface area contributed by atoms with Crippen LogP contribution in [-0.2, 0) is 6.54 Å². The van der Waals surface area contributed by atoms with Crippen LogP contribution in [0.15, 0.2) is 49.1 Å². The molecule has 0 bridgehead atoms. The largest absolute Gasteiger partial charge is 0.300 e. The lowest BCUT2D eigenvalue weighted by Crippen LogP contribution is -2.00. The van der Waals surface area contributed by atoms with Crippen LogP contribution in [0.3, 0.4) is 0 Å². The lowest BCUT2D eigenvalue weighted by Gasteiger charge is -2.04. The second kappa shape index (κ2) is 4.84. The summed E-state index contributed by atoms with van der Waals surface area (Å²) in [5, 5.41) is 4.39. The summed E-state index contributed by atoms with van der Waals surface area (Å²) >= 11 is 0. The summed E-state index contributed by atoms with van der Waals surface area (Å²) in [6.07, 6.45) is 10.1. The van der Waals surface area contributed by atoms with Crippen LogP contribution >= 0.6 is 0 Å². The van der Waals surface area contributed by atoms with E-state index in [4.69, 9.17) is 0 Å². The molecule has 1 fully saturated rings. The fourth-order valence-electron chi connectivity index (χ4n) is 2.52. The Kier molecular flexibility index (Phi) is 2.84. The van der Waals surface area contributed by atoms with E-state index in [1.54, 1.807) is 12.1 Å². The molecule has 1 saturated carbocycles. The molecule has 21 heavy (non-hydrogen) atoms. The van der Waals surface area contributed by atoms with Gasteiger partial charge in [0.1, 0.15) is 11.6 Å². The van der Waals surface area contributed by atoms with Gasteiger partial charge >= 0.3 is 0 Å². The van der Waals surface area contributed by atoms with Crippen molar-refractivity contribution in [1.29, 1.82) is 0 Å². The molecule has 0 amide bonds. The molecule has 1 aliphatic carbocycles. The van der Waals surface area contributed by atoms with E-state index in [0.29, 0.717) is 12.5 Å². The Balaban J connectivity index is 1.57. The third kappa shape index (κ3) is 2.46. The fourth-order valence-corrected chi connectivity index (χ4v) is 2.52. The van der Waals surface area contributed by atoms with Gasteiger partial charge in [0.2, 0.25) is 0 Å². The molecule has 4 rings (SSSR count). The van der Waals surface area contributed by atoms with E-state index >= 15 is 0 Å². The number of benzene rings is 1. The molecule has 1 aromatic carbocycles. The van der Waals surface area contributed by atoms with Gasteiger partial charge in [0.25, 0.3) is 0 Å². The van der Waals surface area contributed by atoms with E-state index in [9.17, 15) is 4.39 Å². The van der Waals surface area contributed by atoms with Crippen LogP contribution in [0.1, 0.15) is 30.1 Å². The summed E-state index contributed by atoms with van der Waals surface area (Å²) in [7, 11) is 0. The molecular weight excluding hydrogens is 267 g/mol. The Morgan fingerprint density at radius 3 is 2.76 bits per heavy atom. The molecule has 0 radical (unpaired) electrons. The van der Waals surface area contributed by atoms with Gasteiger partial charge in [-0.3, -0.25) is 4.68 Å². The predicted octanol–water partition coefficient (Wildman–Crippen LogP) is 3.13. The molecule has 1 aliphatic rings. The quantitative estimate of drug-likeness (QED) is 0.737. The third-order valence-corrected chi connectivity index (χ3v) is 3.77. The van der Waals surface area contributed by atoms with Gasteiger partial charge in [-0.05, 0) is 30.5 Å². The predicted molar refractivity (Wildman–Crippen MR) is 76.8 cm³/mol. The van der Waals surface area contributed by atoms with Crippen molar-refractivity contribution in [2.45, 2.75) is 25.3 Å². The zero-order valence-corrected chi connectivity index (χ0v) is 11.5. The fraction of sp³-hybridized carbons (Fsp3) is 0.250. The van der Waals surface area contributed by atoms with E-state index in [0.717, 1.165) is 17.1 Å². The Labute approximate surface area is 121 Å². The van der Waals surface area contributed by atoms with Crippen LogP contribution in [-0.4, -0.2) is 19.3 Å². The molecule has 106 valence electrons. The number of hydrogen-bond acceptors (Lipinski definition) is 2. The first-order chi connectivity index (χ1) is 10.3. The zero-order chi connectivity index (χ0) is 14.2. The summed E-state index contributed by atoms with van der Waals surface area (Å²) in [5.74, 6) is 1.50. The standard InChI is InChI=1S/C16H15FN4/c17-14-5-1-12(2-6-14)10-20-11-15(9-19-20)21-8-7-18-16(21)13-3-4-13/h1-2,5-9,11,13H,3-4,10H2. The maximum atomic E-state index is 12.9. The minimum absolute atomic E-state index is 0.215. The number of imidazole rings is 1. The van der Waals surface area contributed by atoms with Gasteiger partial charge < -0.3 is 4.57 Å². The lowest BCUT2D eigenvalue weighted by atomic mass is 10.2. The molecule has 0 N–H and O–H groups in total. The van der Waals surface area contributed by atoms with E-state index in [1.165, 1.54) is 25.0 Å². The molecule has 0 saturated heterocycles. The minimum Gasteiger partial charge on any atom is -0.300 e. The van der Waals surface area contributed by atoms with Crippen LogP contribution in [0.25, 0.3) is 5.69 Å². The Morgan fingerprint density at radius 1 is 1.19 bits per heavy atom. The first-order valence-electron chi connectivity index (χ1n) is 7.10. The average molecular weight is 282 g/mol. The van der Waals surface area contributed by atoms with Crippen LogP contribution < -0.4 is 0 Å². The molecule has 2 aromatic heterocycles. The van der Waals surface area contributed by atoms with E-state index in [2.05, 4.69) is 14.6 Å². The lowest BCUT2D eigenvalue weighted by molar-refractivity contribution is 0.624. The zero-order valence-electron chi connectivity index (χ0n) is 11.5. The van der Waals surface area contributed by atoms with E-state index in [-0.39, 0.29) is 5.82 Å². The summed E-state index contributed by atoms with van der Waals surface area (Å²) in [6.45, 7) is 0.633. The molecule has 2 heterocycles. The van der Waals surface area contributed by atoms with Gasteiger partial charge in [-0.1, -0.05) is 12.1 Å². The van der Waals surface area contributed by atoms with Crippen molar-refractivity contribution >= 4 is 0 Å². The van der Waals surface area contributed by atoms with E-state index < -0.39 is 0 Å². The number of nitrogens with zero attached hydrogens (tertiary/aromatic N) is 4. The molecule has 5 heteroatoms. The highest BCUT2D eigenvalue weighted by Gasteiger charge is 2.28. The van der Waals surface area contributed by atoms with Crippen LogP contribution in [0.4, 0.5) is 4.39 Å². The minimum atomic E-state index is -0.215. The highest BCUT2D eigenvalue weighted by molar-refractivity contribution is 5.30. The molecule has 4 nitrogen and oxygen atoms in total. The smallest absolute Gasteiger partial charge is 0.123 e. The number of halogens is 1. The first kappa shape index (κ1) is 12.3. The topological polar surface area (TPSA) is 35.6 Å². The molecule has 0 aliphatic heterocycles. The number of hydrogen-bond donors (Lipinski definition) is 0. The Morgan fingerprint density at radius 2 is 2.00 bits per heavy atom. The first-order valence-corrected chi connectivity index (χ1v) is 7.10. The average Bonchev–Trinajstić information content (AvgIpc) is 3.04. The van der Waals surface area contributed by atoms with Gasteiger partial charge in [-0.25, -0.2) is 9.37 Å². The third-order valence-electron chi connectivity index (χ3n) is 3.77. The highest BCUT2D eigenvalue weighted by Crippen LogP contribution is 2.39. The maximum Gasteiger partial charge on any atom is 0.123 e. The van der Waals surface area contributed by atoms with Gasteiger partial charge in [-0.2, -0.15) is 5.10 Å². The summed E-state index contributed by atoms with van der Waals surface area (Å²) in [5.41, 5.74) is 2.05.